The molecule has 1 aliphatic heterocycles. The van der Waals surface area contributed by atoms with Gasteiger partial charge in [-0.15, -0.1) is 0 Å². The predicted octanol–water partition coefficient (Wildman–Crippen LogP) is -0.565. The maximum atomic E-state index is 5.43. The molecule has 0 radical (unpaired) electrons. The third-order valence-electron chi connectivity index (χ3n) is 2.12. The fourth-order valence-corrected chi connectivity index (χ4v) is 1.49. The van der Waals surface area contributed by atoms with Crippen molar-refractivity contribution in [2.75, 3.05) is 24.6 Å². The minimum atomic E-state index is 0.255. The molecule has 6 heteroatoms. The van der Waals surface area contributed by atoms with Gasteiger partial charge in [0.05, 0.1) is 12.7 Å². The molecule has 0 saturated carbocycles. The molecule has 1 aromatic rings. The topological polar surface area (TPSA) is 56.1 Å². The van der Waals surface area contributed by atoms with E-state index in [9.17, 15) is 0 Å². The summed E-state index contributed by atoms with van der Waals surface area (Å²) in [6.45, 7) is 4.51. The van der Waals surface area contributed by atoms with Crippen LogP contribution in [0.1, 0.15) is 6.92 Å². The number of rotatable bonds is 1. The standard InChI is InChI=1S/C7H13N5O/c1-6-5-12(3-4-13-6)7-8-9-10-11(7)2/h6H,3-5H2,1-2H3/t6-/m0/s1. The smallest absolute Gasteiger partial charge is 0.245 e. The van der Waals surface area contributed by atoms with Gasteiger partial charge in [0.1, 0.15) is 0 Å². The predicted molar refractivity (Wildman–Crippen MR) is 46.4 cm³/mol. The molecule has 6 nitrogen and oxygen atoms in total. The van der Waals surface area contributed by atoms with Crippen molar-refractivity contribution in [3.63, 3.8) is 0 Å². The maximum absolute atomic E-state index is 5.43. The lowest BCUT2D eigenvalue weighted by molar-refractivity contribution is 0.0524. The average Bonchev–Trinajstić information content (AvgIpc) is 2.51. The molecule has 1 aliphatic rings. The van der Waals surface area contributed by atoms with Gasteiger partial charge in [-0.25, -0.2) is 4.68 Å². The zero-order valence-corrected chi connectivity index (χ0v) is 7.84. The molecule has 72 valence electrons. The first-order valence-corrected chi connectivity index (χ1v) is 4.36. The molecule has 2 heterocycles. The highest BCUT2D eigenvalue weighted by Gasteiger charge is 2.20. The van der Waals surface area contributed by atoms with Gasteiger partial charge in [0.25, 0.3) is 0 Å². The van der Waals surface area contributed by atoms with Gasteiger partial charge in [0, 0.05) is 20.1 Å². The van der Waals surface area contributed by atoms with Crippen LogP contribution < -0.4 is 4.90 Å². The van der Waals surface area contributed by atoms with Crippen molar-refractivity contribution in [2.45, 2.75) is 13.0 Å². The third-order valence-corrected chi connectivity index (χ3v) is 2.12. The van der Waals surface area contributed by atoms with E-state index in [0.29, 0.717) is 0 Å². The third kappa shape index (κ3) is 1.62. The second-order valence-electron chi connectivity index (χ2n) is 3.23. The van der Waals surface area contributed by atoms with Crippen molar-refractivity contribution in [2.24, 2.45) is 7.05 Å². The number of nitrogens with zero attached hydrogens (tertiary/aromatic N) is 5. The Morgan fingerprint density at radius 2 is 2.38 bits per heavy atom. The molecule has 13 heavy (non-hydrogen) atoms. The minimum Gasteiger partial charge on any atom is -0.375 e. The van der Waals surface area contributed by atoms with E-state index in [1.165, 1.54) is 0 Å². The van der Waals surface area contributed by atoms with Crippen LogP contribution in [0, 0.1) is 0 Å². The fourth-order valence-electron chi connectivity index (χ4n) is 1.49. The van der Waals surface area contributed by atoms with E-state index in [0.717, 1.165) is 25.6 Å². The second kappa shape index (κ2) is 3.29. The van der Waals surface area contributed by atoms with Crippen LogP contribution in [0.3, 0.4) is 0 Å². The van der Waals surface area contributed by atoms with Crippen LogP contribution in [-0.2, 0) is 11.8 Å². The van der Waals surface area contributed by atoms with Crippen LogP contribution in [-0.4, -0.2) is 46.0 Å². The highest BCUT2D eigenvalue weighted by atomic mass is 16.5. The van der Waals surface area contributed by atoms with Crippen LogP contribution in [0.25, 0.3) is 0 Å². The lowest BCUT2D eigenvalue weighted by Crippen LogP contribution is -2.42. The molecule has 0 N–H and O–H groups in total. The Morgan fingerprint density at radius 1 is 1.54 bits per heavy atom. The Hall–Kier alpha value is -1.17. The monoisotopic (exact) mass is 183 g/mol. The summed E-state index contributed by atoms with van der Waals surface area (Å²) in [6.07, 6.45) is 0.255. The number of ether oxygens (including phenoxy) is 1. The first kappa shape index (κ1) is 8.43. The van der Waals surface area contributed by atoms with E-state index in [-0.39, 0.29) is 6.10 Å². The summed E-state index contributed by atoms with van der Waals surface area (Å²) in [5.74, 6) is 0.815. The van der Waals surface area contributed by atoms with E-state index in [1.54, 1.807) is 4.68 Å². The van der Waals surface area contributed by atoms with Gasteiger partial charge < -0.3 is 9.64 Å². The molecular weight excluding hydrogens is 170 g/mol. The number of aromatic nitrogens is 4. The maximum Gasteiger partial charge on any atom is 0.245 e. The van der Waals surface area contributed by atoms with Crippen LogP contribution in [0.15, 0.2) is 0 Å². The number of hydrogen-bond donors (Lipinski definition) is 0. The van der Waals surface area contributed by atoms with E-state index in [2.05, 4.69) is 27.3 Å². The first-order chi connectivity index (χ1) is 6.27. The summed E-state index contributed by atoms with van der Waals surface area (Å²) >= 11 is 0. The summed E-state index contributed by atoms with van der Waals surface area (Å²) in [5, 5.41) is 11.3. The number of morpholine rings is 1. The second-order valence-corrected chi connectivity index (χ2v) is 3.23. The van der Waals surface area contributed by atoms with Crippen LogP contribution in [0.4, 0.5) is 5.95 Å². The van der Waals surface area contributed by atoms with Crippen LogP contribution in [0.2, 0.25) is 0 Å². The zero-order chi connectivity index (χ0) is 9.26. The first-order valence-electron chi connectivity index (χ1n) is 4.36. The molecule has 2 rings (SSSR count). The van der Waals surface area contributed by atoms with Gasteiger partial charge in [-0.05, 0) is 17.4 Å². The number of hydrogen-bond acceptors (Lipinski definition) is 5. The highest BCUT2D eigenvalue weighted by Crippen LogP contribution is 2.11. The molecule has 1 fully saturated rings. The molecule has 0 aromatic carbocycles. The molecule has 0 spiro atoms. The summed E-state index contributed by atoms with van der Waals surface area (Å²) < 4.78 is 7.11. The van der Waals surface area contributed by atoms with E-state index < -0.39 is 0 Å². The Bertz CT molecular complexity index is 286. The van der Waals surface area contributed by atoms with E-state index in [4.69, 9.17) is 4.74 Å². The SMILES string of the molecule is C[C@H]1CN(c2nnnn2C)CCO1. The number of aryl methyl sites for hydroxylation is 1. The molecule has 0 aliphatic carbocycles. The summed E-state index contributed by atoms with van der Waals surface area (Å²) in [7, 11) is 1.84. The Kier molecular flexibility index (Phi) is 2.13. The molecule has 1 saturated heterocycles. The minimum absolute atomic E-state index is 0.255. The van der Waals surface area contributed by atoms with Crippen molar-refractivity contribution < 1.29 is 4.74 Å². The quantitative estimate of drug-likeness (QED) is 0.584. The number of tetrazole rings is 1. The summed E-state index contributed by atoms with van der Waals surface area (Å²) in [5.41, 5.74) is 0. The summed E-state index contributed by atoms with van der Waals surface area (Å²) in [6, 6.07) is 0. The van der Waals surface area contributed by atoms with Gasteiger partial charge >= 0.3 is 0 Å². The van der Waals surface area contributed by atoms with Crippen LogP contribution >= 0.6 is 0 Å². The molecule has 1 atom stereocenters. The van der Waals surface area contributed by atoms with Crippen molar-refractivity contribution in [1.82, 2.24) is 20.2 Å². The Morgan fingerprint density at radius 3 is 3.00 bits per heavy atom. The van der Waals surface area contributed by atoms with E-state index in [1.807, 2.05) is 7.05 Å². The zero-order valence-electron chi connectivity index (χ0n) is 7.84. The van der Waals surface area contributed by atoms with Crippen LogP contribution in [0.5, 0.6) is 0 Å². The lowest BCUT2D eigenvalue weighted by atomic mass is 10.3. The molecule has 0 amide bonds. The van der Waals surface area contributed by atoms with Gasteiger partial charge in [0.2, 0.25) is 5.95 Å². The molecular formula is C7H13N5O. The van der Waals surface area contributed by atoms with Crippen molar-refractivity contribution in [3.05, 3.63) is 0 Å². The van der Waals surface area contributed by atoms with Crippen molar-refractivity contribution >= 4 is 5.95 Å². The molecule has 0 bridgehead atoms. The van der Waals surface area contributed by atoms with Crippen molar-refractivity contribution in [3.8, 4) is 0 Å². The van der Waals surface area contributed by atoms with Gasteiger partial charge in [-0.3, -0.25) is 0 Å². The summed E-state index contributed by atoms with van der Waals surface area (Å²) in [4.78, 5) is 2.13. The van der Waals surface area contributed by atoms with Gasteiger partial charge in [-0.2, -0.15) is 0 Å². The van der Waals surface area contributed by atoms with Crippen molar-refractivity contribution in [1.29, 1.82) is 0 Å². The highest BCUT2D eigenvalue weighted by molar-refractivity contribution is 5.28. The van der Waals surface area contributed by atoms with E-state index >= 15 is 0 Å². The number of anilines is 1. The van der Waals surface area contributed by atoms with Gasteiger partial charge in [-0.1, -0.05) is 5.10 Å². The Balaban J connectivity index is 2.12. The molecule has 1 aromatic heterocycles. The average molecular weight is 183 g/mol. The molecule has 0 unspecified atom stereocenters. The van der Waals surface area contributed by atoms with Gasteiger partial charge in [0.15, 0.2) is 0 Å². The largest absolute Gasteiger partial charge is 0.375 e. The fraction of sp³-hybridized carbons (Fsp3) is 0.857. The lowest BCUT2D eigenvalue weighted by Gasteiger charge is -2.30. The Labute approximate surface area is 76.5 Å². The normalized spacial score (nSPS) is 23.5.